The first-order valence-electron chi connectivity index (χ1n) is 6.18. The molecule has 0 fully saturated rings. The Morgan fingerprint density at radius 2 is 0.923 bits per heavy atom. The molecule has 0 nitrogen and oxygen atoms in total. The zero-order valence-corrected chi connectivity index (χ0v) is 10.7. The van der Waals surface area contributed by atoms with Crippen LogP contribution >= 0.6 is 0 Å². The van der Waals surface area contributed by atoms with Gasteiger partial charge in [0.15, 0.2) is 0 Å². The Kier molecular flexibility index (Phi) is 12.0. The Balaban J connectivity index is 0. The van der Waals surface area contributed by atoms with Crippen molar-refractivity contribution in [3.05, 3.63) is 0 Å². The summed E-state index contributed by atoms with van der Waals surface area (Å²) in [4.78, 5) is 0. The second-order valence-electron chi connectivity index (χ2n) is 4.06. The lowest BCUT2D eigenvalue weighted by atomic mass is 9.78. The zero-order chi connectivity index (χ0) is 10.7. The van der Waals surface area contributed by atoms with Gasteiger partial charge in [-0.3, -0.25) is 0 Å². The van der Waals surface area contributed by atoms with E-state index in [-0.39, 0.29) is 0 Å². The van der Waals surface area contributed by atoms with E-state index in [2.05, 4.69) is 27.7 Å². The van der Waals surface area contributed by atoms with Gasteiger partial charge >= 0.3 is 0 Å². The minimum absolute atomic E-state index is 0.651. The normalized spacial score (nSPS) is 10.6. The van der Waals surface area contributed by atoms with Gasteiger partial charge in [0, 0.05) is 0 Å². The molecule has 0 heterocycles. The molecule has 0 radical (unpaired) electrons. The van der Waals surface area contributed by atoms with Crippen LogP contribution in [0, 0.1) is 5.41 Å². The molecule has 0 aromatic carbocycles. The third-order valence-electron chi connectivity index (χ3n) is 2.56. The van der Waals surface area contributed by atoms with Crippen molar-refractivity contribution in [1.82, 2.24) is 0 Å². The molecule has 0 amide bonds. The summed E-state index contributed by atoms with van der Waals surface area (Å²) < 4.78 is 0. The first-order chi connectivity index (χ1) is 6.18. The first-order valence-corrected chi connectivity index (χ1v) is 6.18. The van der Waals surface area contributed by atoms with Crippen molar-refractivity contribution in [3.8, 4) is 0 Å². The van der Waals surface area contributed by atoms with E-state index in [0.29, 0.717) is 5.41 Å². The second-order valence-corrected chi connectivity index (χ2v) is 4.06. The van der Waals surface area contributed by atoms with E-state index in [0.717, 1.165) is 0 Å². The maximum Gasteiger partial charge on any atom is -0.0326 e. The Morgan fingerprint density at radius 1 is 0.692 bits per heavy atom. The summed E-state index contributed by atoms with van der Waals surface area (Å²) in [7, 11) is 0. The lowest BCUT2D eigenvalue weighted by Crippen LogP contribution is -2.15. The van der Waals surface area contributed by atoms with Crippen LogP contribution in [0.15, 0.2) is 0 Å². The van der Waals surface area contributed by atoms with Crippen LogP contribution in [0.25, 0.3) is 0 Å². The predicted octanol–water partition coefficient (Wildman–Crippen LogP) is 5.42. The maximum atomic E-state index is 2.45. The van der Waals surface area contributed by atoms with E-state index < -0.39 is 0 Å². The minimum Gasteiger partial charge on any atom is -0.0683 e. The first kappa shape index (κ1) is 15.5. The third-order valence-corrected chi connectivity index (χ3v) is 2.56. The molecular formula is C13H30. The van der Waals surface area contributed by atoms with Gasteiger partial charge in [0.2, 0.25) is 0 Å². The molecule has 0 aliphatic heterocycles. The molecule has 0 unspecified atom stereocenters. The fraction of sp³-hybridized carbons (Fsp3) is 1.00. The Bertz CT molecular complexity index is 67.0. The largest absolute Gasteiger partial charge is 0.0683 e. The van der Waals surface area contributed by atoms with Gasteiger partial charge in [-0.25, -0.2) is 0 Å². The molecule has 0 saturated heterocycles. The van der Waals surface area contributed by atoms with Crippen LogP contribution in [-0.4, -0.2) is 0 Å². The summed E-state index contributed by atoms with van der Waals surface area (Å²) in [5, 5.41) is 0. The van der Waals surface area contributed by atoms with E-state index in [9.17, 15) is 0 Å². The van der Waals surface area contributed by atoms with Crippen molar-refractivity contribution in [2.75, 3.05) is 0 Å². The van der Waals surface area contributed by atoms with Gasteiger partial charge in [0.1, 0.15) is 0 Å². The van der Waals surface area contributed by atoms with Crippen LogP contribution in [-0.2, 0) is 0 Å². The van der Waals surface area contributed by atoms with Crippen molar-refractivity contribution in [1.29, 1.82) is 0 Å². The molecule has 0 atom stereocenters. The molecule has 13 heavy (non-hydrogen) atoms. The van der Waals surface area contributed by atoms with Gasteiger partial charge in [-0.1, -0.05) is 60.8 Å². The summed E-state index contributed by atoms with van der Waals surface area (Å²) in [6.45, 7) is 13.3. The van der Waals surface area contributed by atoms with E-state index in [1.165, 1.54) is 38.5 Å². The van der Waals surface area contributed by atoms with E-state index in [1.807, 2.05) is 13.8 Å². The average molecular weight is 186 g/mol. The van der Waals surface area contributed by atoms with Gasteiger partial charge in [-0.2, -0.15) is 0 Å². The highest BCUT2D eigenvalue weighted by atomic mass is 14.3. The molecule has 0 saturated carbocycles. The van der Waals surface area contributed by atoms with Crippen LogP contribution in [0.3, 0.4) is 0 Å². The van der Waals surface area contributed by atoms with Gasteiger partial charge in [0.05, 0.1) is 0 Å². The Morgan fingerprint density at radius 3 is 1.08 bits per heavy atom. The van der Waals surface area contributed by atoms with Crippen LogP contribution in [0.5, 0.6) is 0 Å². The summed E-state index contributed by atoms with van der Waals surface area (Å²) >= 11 is 0. The van der Waals surface area contributed by atoms with E-state index in [1.54, 1.807) is 0 Å². The van der Waals surface area contributed by atoms with Crippen LogP contribution in [0.4, 0.5) is 0 Å². The highest BCUT2D eigenvalue weighted by molar-refractivity contribution is 4.72. The van der Waals surface area contributed by atoms with Gasteiger partial charge in [-0.15, -0.1) is 0 Å². The van der Waals surface area contributed by atoms with Crippen LogP contribution in [0.2, 0.25) is 0 Å². The SMILES string of the molecule is CC.CCCC(C)(CCC)CCC. The fourth-order valence-corrected chi connectivity index (χ4v) is 2.19. The van der Waals surface area contributed by atoms with Crippen LogP contribution < -0.4 is 0 Å². The molecule has 0 aliphatic rings. The molecule has 0 heteroatoms. The van der Waals surface area contributed by atoms with E-state index >= 15 is 0 Å². The molecule has 0 bridgehead atoms. The van der Waals surface area contributed by atoms with E-state index in [4.69, 9.17) is 0 Å². The van der Waals surface area contributed by atoms with Crippen molar-refractivity contribution >= 4 is 0 Å². The standard InChI is InChI=1S/C11H24.C2H6/c1-5-8-11(4,9-6-2)10-7-3;1-2/h5-10H2,1-4H3;1-2H3. The molecule has 0 spiro atoms. The summed E-state index contributed by atoms with van der Waals surface area (Å²) in [6.07, 6.45) is 8.27. The monoisotopic (exact) mass is 186 g/mol. The average Bonchev–Trinajstić information content (AvgIpc) is 2.09. The number of rotatable bonds is 6. The van der Waals surface area contributed by atoms with Crippen molar-refractivity contribution in [2.24, 2.45) is 5.41 Å². The maximum absolute atomic E-state index is 2.45. The quantitative estimate of drug-likeness (QED) is 0.519. The highest BCUT2D eigenvalue weighted by Crippen LogP contribution is 2.33. The summed E-state index contributed by atoms with van der Waals surface area (Å²) in [5.41, 5.74) is 0.651. The lowest BCUT2D eigenvalue weighted by molar-refractivity contribution is 0.242. The third kappa shape index (κ3) is 8.33. The van der Waals surface area contributed by atoms with Gasteiger partial charge < -0.3 is 0 Å². The van der Waals surface area contributed by atoms with Gasteiger partial charge in [0.25, 0.3) is 0 Å². The van der Waals surface area contributed by atoms with Crippen LogP contribution in [0.1, 0.15) is 80.1 Å². The predicted molar refractivity (Wildman–Crippen MR) is 64.2 cm³/mol. The zero-order valence-electron chi connectivity index (χ0n) is 10.7. The topological polar surface area (TPSA) is 0 Å². The molecule has 0 N–H and O–H groups in total. The molecule has 82 valence electrons. The Hall–Kier alpha value is 0. The molecular weight excluding hydrogens is 156 g/mol. The van der Waals surface area contributed by atoms with Crippen molar-refractivity contribution in [2.45, 2.75) is 80.1 Å². The number of hydrogen-bond donors (Lipinski definition) is 0. The van der Waals surface area contributed by atoms with Gasteiger partial charge in [-0.05, 0) is 24.7 Å². The lowest BCUT2D eigenvalue weighted by Gasteiger charge is -2.28. The molecule has 0 aromatic rings. The smallest absolute Gasteiger partial charge is 0.0326 e. The van der Waals surface area contributed by atoms with Crippen molar-refractivity contribution in [3.63, 3.8) is 0 Å². The number of hydrogen-bond acceptors (Lipinski definition) is 0. The van der Waals surface area contributed by atoms with Crippen molar-refractivity contribution < 1.29 is 0 Å². The molecule has 0 aliphatic carbocycles. The Labute approximate surface area is 86.1 Å². The molecule has 0 aromatic heterocycles. The molecule has 0 rings (SSSR count). The summed E-state index contributed by atoms with van der Waals surface area (Å²) in [5.74, 6) is 0. The fourth-order valence-electron chi connectivity index (χ4n) is 2.19. The highest BCUT2D eigenvalue weighted by Gasteiger charge is 2.20. The minimum atomic E-state index is 0.651. The summed E-state index contributed by atoms with van der Waals surface area (Å²) in [6, 6.07) is 0. The second kappa shape index (κ2) is 10.1.